The Balaban J connectivity index is 2.30. The quantitative estimate of drug-likeness (QED) is 0.397. The van der Waals surface area contributed by atoms with E-state index in [1.807, 2.05) is 48.5 Å². The first kappa shape index (κ1) is 13.8. The van der Waals surface area contributed by atoms with Crippen LogP contribution in [0.2, 0.25) is 0 Å². The molecule has 112 valence electrons. The van der Waals surface area contributed by atoms with Crippen molar-refractivity contribution in [3.05, 3.63) is 63.1 Å². The van der Waals surface area contributed by atoms with Crippen LogP contribution in [0.3, 0.4) is 0 Å². The SMILES string of the molecule is O=[N+]([O-])c1c(-c2ccccc2)c2cc(Br)ccc2n2nnnc12. The molecule has 0 saturated heterocycles. The third kappa shape index (κ3) is 2.07. The van der Waals surface area contributed by atoms with Gasteiger partial charge in [-0.2, -0.15) is 4.52 Å². The molecule has 2 aromatic heterocycles. The highest BCUT2D eigenvalue weighted by Crippen LogP contribution is 2.39. The maximum absolute atomic E-state index is 11.7. The zero-order valence-corrected chi connectivity index (χ0v) is 13.1. The fraction of sp³-hybridized carbons (Fsp3) is 0. The average Bonchev–Trinajstić information content (AvgIpc) is 3.03. The van der Waals surface area contributed by atoms with E-state index in [0.717, 1.165) is 10.0 Å². The van der Waals surface area contributed by atoms with Crippen LogP contribution in [0.15, 0.2) is 53.0 Å². The van der Waals surface area contributed by atoms with E-state index in [4.69, 9.17) is 0 Å². The lowest BCUT2D eigenvalue weighted by Gasteiger charge is -2.09. The summed E-state index contributed by atoms with van der Waals surface area (Å²) in [6, 6.07) is 14.7. The topological polar surface area (TPSA) is 86.2 Å². The van der Waals surface area contributed by atoms with Crippen LogP contribution in [0.4, 0.5) is 5.69 Å². The molecular formula is C15H8BrN5O2. The number of pyridine rings is 1. The Morgan fingerprint density at radius 3 is 2.65 bits per heavy atom. The van der Waals surface area contributed by atoms with Crippen molar-refractivity contribution in [2.24, 2.45) is 0 Å². The first-order valence-electron chi connectivity index (χ1n) is 6.70. The summed E-state index contributed by atoms with van der Waals surface area (Å²) in [6.45, 7) is 0. The summed E-state index contributed by atoms with van der Waals surface area (Å²) in [7, 11) is 0. The Kier molecular flexibility index (Phi) is 3.05. The summed E-state index contributed by atoms with van der Waals surface area (Å²) < 4.78 is 2.22. The lowest BCUT2D eigenvalue weighted by atomic mass is 9.99. The standard InChI is InChI=1S/C15H8BrN5O2/c16-10-6-7-12-11(8-10)13(9-4-2-1-3-5-9)14(21(22)23)15-17-18-19-20(12)15/h1-8H. The van der Waals surface area contributed by atoms with E-state index in [9.17, 15) is 10.1 Å². The molecular weight excluding hydrogens is 362 g/mol. The van der Waals surface area contributed by atoms with Gasteiger partial charge in [0, 0.05) is 9.86 Å². The van der Waals surface area contributed by atoms with Gasteiger partial charge in [-0.25, -0.2) is 0 Å². The Morgan fingerprint density at radius 1 is 1.13 bits per heavy atom. The van der Waals surface area contributed by atoms with Gasteiger partial charge in [-0.05, 0) is 34.2 Å². The van der Waals surface area contributed by atoms with Crippen LogP contribution in [0.5, 0.6) is 0 Å². The van der Waals surface area contributed by atoms with Gasteiger partial charge in [0.2, 0.25) is 0 Å². The van der Waals surface area contributed by atoms with Crippen LogP contribution in [-0.4, -0.2) is 25.0 Å². The minimum Gasteiger partial charge on any atom is -0.258 e. The molecule has 7 nitrogen and oxygen atoms in total. The molecule has 8 heteroatoms. The summed E-state index contributed by atoms with van der Waals surface area (Å²) in [5.41, 5.74) is 1.98. The van der Waals surface area contributed by atoms with Gasteiger partial charge < -0.3 is 0 Å². The minimum absolute atomic E-state index is 0.105. The van der Waals surface area contributed by atoms with Gasteiger partial charge in [0.1, 0.15) is 0 Å². The van der Waals surface area contributed by atoms with Crippen molar-refractivity contribution in [3.63, 3.8) is 0 Å². The predicted octanol–water partition coefficient (Wildman–Crippen LogP) is 3.62. The average molecular weight is 370 g/mol. The second-order valence-electron chi connectivity index (χ2n) is 4.92. The molecule has 0 unspecified atom stereocenters. The Morgan fingerprint density at radius 2 is 1.91 bits per heavy atom. The van der Waals surface area contributed by atoms with Gasteiger partial charge in [0.25, 0.3) is 5.65 Å². The summed E-state index contributed by atoms with van der Waals surface area (Å²) in [4.78, 5) is 11.3. The number of nitrogens with zero attached hydrogens (tertiary/aromatic N) is 5. The number of tetrazole rings is 1. The smallest absolute Gasteiger partial charge is 0.258 e. The number of nitro groups is 1. The fourth-order valence-electron chi connectivity index (χ4n) is 2.70. The van der Waals surface area contributed by atoms with Crippen LogP contribution in [0.1, 0.15) is 0 Å². The van der Waals surface area contributed by atoms with E-state index in [0.29, 0.717) is 16.5 Å². The molecule has 0 saturated carbocycles. The molecule has 2 aromatic carbocycles. The highest BCUT2D eigenvalue weighted by Gasteiger charge is 2.27. The number of aromatic nitrogens is 4. The lowest BCUT2D eigenvalue weighted by Crippen LogP contribution is -2.01. The molecule has 2 heterocycles. The molecule has 0 aliphatic rings. The van der Waals surface area contributed by atoms with Gasteiger partial charge in [0.05, 0.1) is 16.0 Å². The zero-order chi connectivity index (χ0) is 16.0. The van der Waals surface area contributed by atoms with Crippen LogP contribution in [-0.2, 0) is 0 Å². The van der Waals surface area contributed by atoms with Crippen molar-refractivity contribution in [2.75, 3.05) is 0 Å². The maximum atomic E-state index is 11.7. The summed E-state index contributed by atoms with van der Waals surface area (Å²) >= 11 is 3.42. The van der Waals surface area contributed by atoms with Gasteiger partial charge in [0.15, 0.2) is 0 Å². The van der Waals surface area contributed by atoms with Crippen molar-refractivity contribution < 1.29 is 4.92 Å². The van der Waals surface area contributed by atoms with Gasteiger partial charge in [-0.15, -0.1) is 5.10 Å². The molecule has 0 aliphatic heterocycles. The van der Waals surface area contributed by atoms with E-state index in [1.165, 1.54) is 4.52 Å². The number of benzene rings is 2. The first-order chi connectivity index (χ1) is 11.2. The second kappa shape index (κ2) is 5.10. The number of halogens is 1. The molecule has 0 amide bonds. The zero-order valence-electron chi connectivity index (χ0n) is 11.5. The van der Waals surface area contributed by atoms with Crippen LogP contribution < -0.4 is 0 Å². The second-order valence-corrected chi connectivity index (χ2v) is 5.84. The highest BCUT2D eigenvalue weighted by atomic mass is 79.9. The van der Waals surface area contributed by atoms with Crippen molar-refractivity contribution in [2.45, 2.75) is 0 Å². The molecule has 4 rings (SSSR count). The number of hydrogen-bond acceptors (Lipinski definition) is 5. The Bertz CT molecular complexity index is 1060. The van der Waals surface area contributed by atoms with E-state index in [-0.39, 0.29) is 11.3 Å². The summed E-state index contributed by atoms with van der Waals surface area (Å²) in [5.74, 6) is 0. The van der Waals surface area contributed by atoms with E-state index < -0.39 is 4.92 Å². The Labute approximate surface area is 137 Å². The molecule has 0 radical (unpaired) electrons. The highest BCUT2D eigenvalue weighted by molar-refractivity contribution is 9.10. The van der Waals surface area contributed by atoms with Crippen LogP contribution >= 0.6 is 15.9 Å². The third-order valence-electron chi connectivity index (χ3n) is 3.62. The van der Waals surface area contributed by atoms with Crippen molar-refractivity contribution >= 4 is 38.2 Å². The molecule has 4 aromatic rings. The van der Waals surface area contributed by atoms with E-state index in [1.54, 1.807) is 0 Å². The van der Waals surface area contributed by atoms with Gasteiger partial charge >= 0.3 is 5.69 Å². The largest absolute Gasteiger partial charge is 0.324 e. The maximum Gasteiger partial charge on any atom is 0.324 e. The minimum atomic E-state index is -0.436. The van der Waals surface area contributed by atoms with Gasteiger partial charge in [-0.3, -0.25) is 10.1 Å². The van der Waals surface area contributed by atoms with E-state index >= 15 is 0 Å². The monoisotopic (exact) mass is 369 g/mol. The van der Waals surface area contributed by atoms with Gasteiger partial charge in [-0.1, -0.05) is 46.3 Å². The normalized spacial score (nSPS) is 11.2. The molecule has 0 spiro atoms. The molecule has 0 atom stereocenters. The molecule has 0 fully saturated rings. The van der Waals surface area contributed by atoms with Crippen molar-refractivity contribution in [1.82, 2.24) is 20.0 Å². The first-order valence-corrected chi connectivity index (χ1v) is 7.49. The van der Waals surface area contributed by atoms with Crippen molar-refractivity contribution in [3.8, 4) is 11.1 Å². The molecule has 0 bridgehead atoms. The molecule has 0 aliphatic carbocycles. The van der Waals surface area contributed by atoms with Crippen molar-refractivity contribution in [1.29, 1.82) is 0 Å². The lowest BCUT2D eigenvalue weighted by molar-refractivity contribution is -0.382. The third-order valence-corrected chi connectivity index (χ3v) is 4.11. The fourth-order valence-corrected chi connectivity index (χ4v) is 3.06. The number of hydrogen-bond donors (Lipinski definition) is 0. The van der Waals surface area contributed by atoms with E-state index in [2.05, 4.69) is 31.5 Å². The summed E-state index contributed by atoms with van der Waals surface area (Å²) in [6.07, 6.45) is 0. The van der Waals surface area contributed by atoms with Crippen LogP contribution in [0, 0.1) is 10.1 Å². The summed E-state index contributed by atoms with van der Waals surface area (Å²) in [5, 5.41) is 23.8. The molecule has 23 heavy (non-hydrogen) atoms. The van der Waals surface area contributed by atoms with Crippen LogP contribution in [0.25, 0.3) is 27.7 Å². The molecule has 0 N–H and O–H groups in total. The number of fused-ring (bicyclic) bond motifs is 3. The predicted molar refractivity (Wildman–Crippen MR) is 88.1 cm³/mol. The number of rotatable bonds is 2. The Hall–Kier alpha value is -2.87.